The number of rotatable bonds is 3. The molecule has 0 saturated carbocycles. The summed E-state index contributed by atoms with van der Waals surface area (Å²) in [5.74, 6) is -0.0901. The number of thiophene rings is 1. The zero-order valence-electron chi connectivity index (χ0n) is 8.83. The predicted octanol–water partition coefficient (Wildman–Crippen LogP) is 1.12. The first-order valence-electron chi connectivity index (χ1n) is 5.00. The second-order valence-corrected chi connectivity index (χ2v) is 5.33. The molecule has 6 heteroatoms. The Morgan fingerprint density at radius 3 is 3.06 bits per heavy atom. The summed E-state index contributed by atoms with van der Waals surface area (Å²) in [6, 6.07) is 3.48. The highest BCUT2D eigenvalue weighted by Gasteiger charge is 2.28. The van der Waals surface area contributed by atoms with E-state index in [1.54, 1.807) is 19.2 Å². The molecule has 0 aromatic carbocycles. The van der Waals surface area contributed by atoms with Gasteiger partial charge in [-0.2, -0.15) is 0 Å². The highest BCUT2D eigenvalue weighted by atomic mass is 35.5. The summed E-state index contributed by atoms with van der Waals surface area (Å²) >= 11 is 7.06. The van der Waals surface area contributed by atoms with Gasteiger partial charge in [0.05, 0.1) is 21.4 Å². The molecule has 16 heavy (non-hydrogen) atoms. The molecule has 1 fully saturated rings. The third kappa shape index (κ3) is 2.55. The lowest BCUT2D eigenvalue weighted by atomic mass is 10.2. The van der Waals surface area contributed by atoms with Crippen LogP contribution in [-0.2, 0) is 4.74 Å². The number of methoxy groups -OCH3 is 1. The van der Waals surface area contributed by atoms with Crippen LogP contribution in [0.2, 0.25) is 4.34 Å². The lowest BCUT2D eigenvalue weighted by Crippen LogP contribution is -2.43. The molecular weight excluding hydrogens is 248 g/mol. The van der Waals surface area contributed by atoms with Gasteiger partial charge in [0.2, 0.25) is 0 Å². The average molecular weight is 261 g/mol. The van der Waals surface area contributed by atoms with Crippen molar-refractivity contribution in [3.63, 3.8) is 0 Å². The Morgan fingerprint density at radius 2 is 2.44 bits per heavy atom. The summed E-state index contributed by atoms with van der Waals surface area (Å²) in [6.45, 7) is 1.51. The number of ether oxygens (including phenoxy) is 1. The van der Waals surface area contributed by atoms with Crippen LogP contribution in [0, 0.1) is 0 Å². The van der Waals surface area contributed by atoms with Crippen molar-refractivity contribution in [1.29, 1.82) is 0 Å². The number of carbonyl (C=O) groups is 1. The average Bonchev–Trinajstić information content (AvgIpc) is 2.86. The summed E-state index contributed by atoms with van der Waals surface area (Å²) in [5.41, 5.74) is 0. The molecule has 88 valence electrons. The number of carbonyl (C=O) groups excluding carboxylic acids is 1. The third-order valence-electron chi connectivity index (χ3n) is 2.57. The molecular formula is C10H13ClN2O2S. The van der Waals surface area contributed by atoms with Gasteiger partial charge >= 0.3 is 0 Å². The molecule has 2 atom stereocenters. The summed E-state index contributed by atoms with van der Waals surface area (Å²) in [7, 11) is 1.65. The summed E-state index contributed by atoms with van der Waals surface area (Å²) in [6.07, 6.45) is 0.0411. The first-order chi connectivity index (χ1) is 7.70. The van der Waals surface area contributed by atoms with Crippen molar-refractivity contribution in [1.82, 2.24) is 10.6 Å². The van der Waals surface area contributed by atoms with Gasteiger partial charge in [-0.15, -0.1) is 11.3 Å². The molecule has 1 aliphatic rings. The Labute approximate surface area is 103 Å². The molecule has 1 aliphatic heterocycles. The van der Waals surface area contributed by atoms with Crippen molar-refractivity contribution in [2.45, 2.75) is 12.1 Å². The fourth-order valence-electron chi connectivity index (χ4n) is 1.72. The maximum atomic E-state index is 11.8. The Bertz CT molecular complexity index is 383. The van der Waals surface area contributed by atoms with Crippen LogP contribution in [0.3, 0.4) is 0 Å². The van der Waals surface area contributed by atoms with Crippen molar-refractivity contribution in [3.8, 4) is 0 Å². The number of hydrogen-bond donors (Lipinski definition) is 2. The normalized spacial score (nSPS) is 24.6. The van der Waals surface area contributed by atoms with Gasteiger partial charge in [-0.25, -0.2) is 0 Å². The van der Waals surface area contributed by atoms with Crippen LogP contribution < -0.4 is 10.6 Å². The summed E-state index contributed by atoms with van der Waals surface area (Å²) in [5, 5.41) is 6.11. The molecule has 1 aromatic heterocycles. The van der Waals surface area contributed by atoms with Crippen LogP contribution in [0.25, 0.3) is 0 Å². The molecule has 0 spiro atoms. The Hall–Kier alpha value is -0.620. The fraction of sp³-hybridized carbons (Fsp3) is 0.500. The van der Waals surface area contributed by atoms with Crippen LogP contribution in [0.4, 0.5) is 0 Å². The van der Waals surface area contributed by atoms with Crippen molar-refractivity contribution in [3.05, 3.63) is 21.3 Å². The van der Waals surface area contributed by atoms with E-state index in [1.807, 2.05) is 0 Å². The lowest BCUT2D eigenvalue weighted by Gasteiger charge is -2.17. The minimum absolute atomic E-state index is 0.0263. The van der Waals surface area contributed by atoms with Crippen LogP contribution in [0.1, 0.15) is 9.67 Å². The zero-order valence-corrected chi connectivity index (χ0v) is 10.4. The fourth-order valence-corrected chi connectivity index (χ4v) is 2.67. The summed E-state index contributed by atoms with van der Waals surface area (Å²) < 4.78 is 5.89. The third-order valence-corrected chi connectivity index (χ3v) is 3.80. The molecule has 2 rings (SSSR count). The Kier molecular flexibility index (Phi) is 3.81. The standard InChI is InChI=1S/C10H13ClN2O2S/c1-15-7-5-12-4-6(7)13-10(14)8-2-3-9(11)16-8/h2-3,6-7,12H,4-5H2,1H3,(H,13,14). The molecule has 1 saturated heterocycles. The van der Waals surface area contributed by atoms with Crippen molar-refractivity contribution >= 4 is 28.8 Å². The maximum absolute atomic E-state index is 11.8. The van der Waals surface area contributed by atoms with E-state index >= 15 is 0 Å². The van der Waals surface area contributed by atoms with Gasteiger partial charge < -0.3 is 15.4 Å². The van der Waals surface area contributed by atoms with Crippen LogP contribution in [0.5, 0.6) is 0 Å². The van der Waals surface area contributed by atoms with E-state index in [1.165, 1.54) is 11.3 Å². The highest BCUT2D eigenvalue weighted by Crippen LogP contribution is 2.21. The molecule has 2 heterocycles. The van der Waals surface area contributed by atoms with Gasteiger partial charge in [0.1, 0.15) is 0 Å². The van der Waals surface area contributed by atoms with E-state index in [-0.39, 0.29) is 18.1 Å². The Morgan fingerprint density at radius 1 is 1.62 bits per heavy atom. The van der Waals surface area contributed by atoms with Gasteiger partial charge in [-0.05, 0) is 12.1 Å². The van der Waals surface area contributed by atoms with E-state index in [0.29, 0.717) is 9.21 Å². The monoisotopic (exact) mass is 260 g/mol. The summed E-state index contributed by atoms with van der Waals surface area (Å²) in [4.78, 5) is 12.5. The Balaban J connectivity index is 1.97. The van der Waals surface area contributed by atoms with Crippen molar-refractivity contribution in [2.24, 2.45) is 0 Å². The van der Waals surface area contributed by atoms with E-state index < -0.39 is 0 Å². The van der Waals surface area contributed by atoms with Gasteiger partial charge in [0.25, 0.3) is 5.91 Å². The SMILES string of the molecule is COC1CNCC1NC(=O)c1ccc(Cl)s1. The predicted molar refractivity (Wildman–Crippen MR) is 64.2 cm³/mol. The minimum atomic E-state index is -0.0901. The maximum Gasteiger partial charge on any atom is 0.261 e. The van der Waals surface area contributed by atoms with Crippen LogP contribution in [-0.4, -0.2) is 38.3 Å². The molecule has 2 N–H and O–H groups in total. The molecule has 1 amide bonds. The first kappa shape index (κ1) is 11.9. The van der Waals surface area contributed by atoms with E-state index in [9.17, 15) is 4.79 Å². The molecule has 0 aliphatic carbocycles. The first-order valence-corrected chi connectivity index (χ1v) is 6.20. The zero-order chi connectivity index (χ0) is 11.5. The van der Waals surface area contributed by atoms with Gasteiger partial charge in [0.15, 0.2) is 0 Å². The second-order valence-electron chi connectivity index (χ2n) is 3.62. The van der Waals surface area contributed by atoms with Gasteiger partial charge in [-0.1, -0.05) is 11.6 Å². The van der Waals surface area contributed by atoms with Gasteiger partial charge in [-0.3, -0.25) is 4.79 Å². The quantitative estimate of drug-likeness (QED) is 0.856. The highest BCUT2D eigenvalue weighted by molar-refractivity contribution is 7.17. The molecule has 0 bridgehead atoms. The van der Waals surface area contributed by atoms with Gasteiger partial charge in [0, 0.05) is 20.2 Å². The lowest BCUT2D eigenvalue weighted by molar-refractivity contribution is 0.0783. The van der Waals surface area contributed by atoms with Crippen LogP contribution in [0.15, 0.2) is 12.1 Å². The van der Waals surface area contributed by atoms with E-state index in [4.69, 9.17) is 16.3 Å². The number of nitrogens with one attached hydrogen (secondary N) is 2. The molecule has 4 nitrogen and oxygen atoms in total. The van der Waals surface area contributed by atoms with E-state index in [2.05, 4.69) is 10.6 Å². The molecule has 2 unspecified atom stereocenters. The second kappa shape index (κ2) is 5.14. The van der Waals surface area contributed by atoms with Crippen LogP contribution >= 0.6 is 22.9 Å². The molecule has 0 radical (unpaired) electrons. The largest absolute Gasteiger partial charge is 0.378 e. The topological polar surface area (TPSA) is 50.4 Å². The number of halogens is 1. The van der Waals surface area contributed by atoms with Crippen molar-refractivity contribution < 1.29 is 9.53 Å². The van der Waals surface area contributed by atoms with Crippen molar-refractivity contribution in [2.75, 3.05) is 20.2 Å². The number of hydrogen-bond acceptors (Lipinski definition) is 4. The van der Waals surface area contributed by atoms with E-state index in [0.717, 1.165) is 13.1 Å². The number of amides is 1. The molecule has 1 aromatic rings. The minimum Gasteiger partial charge on any atom is -0.378 e. The smallest absolute Gasteiger partial charge is 0.261 e.